The van der Waals surface area contributed by atoms with Crippen LogP contribution < -0.4 is 10.6 Å². The van der Waals surface area contributed by atoms with E-state index < -0.39 is 0 Å². The van der Waals surface area contributed by atoms with E-state index in [0.717, 1.165) is 18.8 Å². The van der Waals surface area contributed by atoms with E-state index in [0.29, 0.717) is 24.8 Å². The quantitative estimate of drug-likeness (QED) is 0.831. The van der Waals surface area contributed by atoms with Crippen molar-refractivity contribution in [2.75, 3.05) is 31.5 Å². The second-order valence-corrected chi connectivity index (χ2v) is 5.08. The van der Waals surface area contributed by atoms with Crippen molar-refractivity contribution < 1.29 is 4.79 Å². The van der Waals surface area contributed by atoms with Gasteiger partial charge in [0.25, 0.3) is 5.91 Å². The molecular weight excluding hydrogens is 252 g/mol. The first kappa shape index (κ1) is 14.8. The molecule has 1 aromatic heterocycles. The van der Waals surface area contributed by atoms with Crippen LogP contribution >= 0.6 is 0 Å². The van der Waals surface area contributed by atoms with Gasteiger partial charge in [0.05, 0.1) is 0 Å². The number of carbonyl (C=O) groups excluding carboxylic acids is 1. The zero-order valence-electron chi connectivity index (χ0n) is 12.4. The first-order valence-electron chi connectivity index (χ1n) is 7.47. The van der Waals surface area contributed by atoms with Gasteiger partial charge in [-0.25, -0.2) is 0 Å². The number of nitrogens with zero attached hydrogens (tertiary/aromatic N) is 2. The summed E-state index contributed by atoms with van der Waals surface area (Å²) in [4.78, 5) is 18.2. The molecule has 20 heavy (non-hydrogen) atoms. The minimum Gasteiger partial charge on any atom is -0.383 e. The Hall–Kier alpha value is -1.62. The monoisotopic (exact) mass is 276 g/mol. The van der Waals surface area contributed by atoms with Crippen molar-refractivity contribution in [3.05, 3.63) is 24.0 Å². The molecule has 2 heterocycles. The molecule has 1 aromatic rings. The average Bonchev–Trinajstić information content (AvgIpc) is 3.00. The van der Waals surface area contributed by atoms with Crippen LogP contribution in [-0.2, 0) is 0 Å². The summed E-state index contributed by atoms with van der Waals surface area (Å²) in [7, 11) is 0. The lowest BCUT2D eigenvalue weighted by Crippen LogP contribution is -2.31. The van der Waals surface area contributed by atoms with Gasteiger partial charge in [-0.05, 0) is 45.4 Å². The lowest BCUT2D eigenvalue weighted by molar-refractivity contribution is 0.0767. The molecule has 5 nitrogen and oxygen atoms in total. The zero-order valence-corrected chi connectivity index (χ0v) is 12.4. The number of aromatic nitrogens is 1. The number of rotatable bonds is 6. The highest BCUT2D eigenvalue weighted by Gasteiger charge is 2.15. The molecule has 0 spiro atoms. The van der Waals surface area contributed by atoms with Crippen LogP contribution in [0.3, 0.4) is 0 Å². The Kier molecular flexibility index (Phi) is 5.35. The van der Waals surface area contributed by atoms with Gasteiger partial charge in [-0.3, -0.25) is 9.78 Å². The minimum absolute atomic E-state index is 0.00218. The van der Waals surface area contributed by atoms with Gasteiger partial charge in [0.1, 0.15) is 5.69 Å². The molecule has 2 N–H and O–H groups in total. The van der Waals surface area contributed by atoms with Crippen molar-refractivity contribution in [2.24, 2.45) is 0 Å². The lowest BCUT2D eigenvalue weighted by atomic mass is 10.2. The highest BCUT2D eigenvalue weighted by Crippen LogP contribution is 2.12. The Morgan fingerprint density at radius 3 is 2.95 bits per heavy atom. The zero-order chi connectivity index (χ0) is 14.4. The largest absolute Gasteiger partial charge is 0.383 e. The molecule has 0 aliphatic carbocycles. The van der Waals surface area contributed by atoms with Crippen molar-refractivity contribution in [3.63, 3.8) is 0 Å². The number of pyridine rings is 1. The van der Waals surface area contributed by atoms with Crippen LogP contribution in [0, 0.1) is 0 Å². The van der Waals surface area contributed by atoms with E-state index in [4.69, 9.17) is 0 Å². The van der Waals surface area contributed by atoms with Gasteiger partial charge in [0, 0.05) is 37.6 Å². The fourth-order valence-electron chi connectivity index (χ4n) is 2.50. The summed E-state index contributed by atoms with van der Waals surface area (Å²) in [5.74, 6) is -0.00218. The van der Waals surface area contributed by atoms with E-state index in [1.165, 1.54) is 12.8 Å². The summed E-state index contributed by atoms with van der Waals surface area (Å²) < 4.78 is 0. The molecule has 1 saturated heterocycles. The Labute approximate surface area is 120 Å². The molecule has 1 aliphatic heterocycles. The van der Waals surface area contributed by atoms with E-state index in [-0.39, 0.29) is 5.91 Å². The number of hydrogen-bond acceptors (Lipinski definition) is 4. The van der Waals surface area contributed by atoms with Crippen LogP contribution in [0.25, 0.3) is 0 Å². The maximum Gasteiger partial charge on any atom is 0.272 e. The van der Waals surface area contributed by atoms with Crippen LogP contribution in [-0.4, -0.2) is 48.0 Å². The predicted molar refractivity (Wildman–Crippen MR) is 81.0 cm³/mol. The summed E-state index contributed by atoms with van der Waals surface area (Å²) in [6, 6.07) is 4.29. The van der Waals surface area contributed by atoms with Crippen LogP contribution in [0.5, 0.6) is 0 Å². The SMILES string of the molecule is CCN(CC)C(=O)c1cc(NCC2CCCN2)ccn1. The Bertz CT molecular complexity index is 439. The molecule has 0 aromatic carbocycles. The fraction of sp³-hybridized carbons (Fsp3) is 0.600. The smallest absolute Gasteiger partial charge is 0.272 e. The van der Waals surface area contributed by atoms with Crippen molar-refractivity contribution in [1.82, 2.24) is 15.2 Å². The molecule has 110 valence electrons. The van der Waals surface area contributed by atoms with Crippen LogP contribution in [0.1, 0.15) is 37.2 Å². The first-order valence-corrected chi connectivity index (χ1v) is 7.47. The highest BCUT2D eigenvalue weighted by molar-refractivity contribution is 5.93. The van der Waals surface area contributed by atoms with Crippen molar-refractivity contribution in [2.45, 2.75) is 32.7 Å². The minimum atomic E-state index is -0.00218. The lowest BCUT2D eigenvalue weighted by Gasteiger charge is -2.18. The second-order valence-electron chi connectivity index (χ2n) is 5.08. The normalized spacial score (nSPS) is 18.0. The molecule has 2 rings (SSSR count). The first-order chi connectivity index (χ1) is 9.74. The molecule has 0 saturated carbocycles. The number of nitrogens with one attached hydrogen (secondary N) is 2. The molecule has 5 heteroatoms. The molecule has 0 bridgehead atoms. The second kappa shape index (κ2) is 7.24. The van der Waals surface area contributed by atoms with Gasteiger partial charge < -0.3 is 15.5 Å². The molecule has 1 unspecified atom stereocenters. The third-order valence-electron chi connectivity index (χ3n) is 3.74. The van der Waals surface area contributed by atoms with E-state index in [9.17, 15) is 4.79 Å². The van der Waals surface area contributed by atoms with Gasteiger partial charge in [0.2, 0.25) is 0 Å². The van der Waals surface area contributed by atoms with Gasteiger partial charge in [-0.15, -0.1) is 0 Å². The number of amides is 1. The van der Waals surface area contributed by atoms with Crippen molar-refractivity contribution >= 4 is 11.6 Å². The molecule has 1 aliphatic rings. The van der Waals surface area contributed by atoms with Gasteiger partial charge in [-0.1, -0.05) is 0 Å². The Morgan fingerprint density at radius 1 is 1.50 bits per heavy atom. The summed E-state index contributed by atoms with van der Waals surface area (Å²) in [5, 5.41) is 6.83. The molecule has 0 radical (unpaired) electrons. The van der Waals surface area contributed by atoms with Crippen molar-refractivity contribution in [1.29, 1.82) is 0 Å². The number of anilines is 1. The summed E-state index contributed by atoms with van der Waals surface area (Å²) in [5.41, 5.74) is 1.47. The van der Waals surface area contributed by atoms with E-state index in [1.54, 1.807) is 11.1 Å². The number of carbonyl (C=O) groups is 1. The summed E-state index contributed by atoms with van der Waals surface area (Å²) in [6.45, 7) is 7.38. The summed E-state index contributed by atoms with van der Waals surface area (Å²) >= 11 is 0. The van der Waals surface area contributed by atoms with Gasteiger partial charge >= 0.3 is 0 Å². The fourth-order valence-corrected chi connectivity index (χ4v) is 2.50. The molecule has 1 amide bonds. The standard InChI is InChI=1S/C15H24N4O/c1-3-19(4-2)15(20)14-10-12(7-9-17-14)18-11-13-6-5-8-16-13/h7,9-10,13,16H,3-6,8,11H2,1-2H3,(H,17,18). The number of hydrogen-bond donors (Lipinski definition) is 2. The van der Waals surface area contributed by atoms with Gasteiger partial charge in [-0.2, -0.15) is 0 Å². The van der Waals surface area contributed by atoms with E-state index in [2.05, 4.69) is 15.6 Å². The third kappa shape index (κ3) is 3.70. The van der Waals surface area contributed by atoms with Crippen molar-refractivity contribution in [3.8, 4) is 0 Å². The average molecular weight is 276 g/mol. The van der Waals surface area contributed by atoms with Crippen LogP contribution in [0.15, 0.2) is 18.3 Å². The highest BCUT2D eigenvalue weighted by atomic mass is 16.2. The van der Waals surface area contributed by atoms with E-state index in [1.807, 2.05) is 26.0 Å². The van der Waals surface area contributed by atoms with E-state index >= 15 is 0 Å². The topological polar surface area (TPSA) is 57.3 Å². The Morgan fingerprint density at radius 2 is 2.30 bits per heavy atom. The maximum atomic E-state index is 12.2. The van der Waals surface area contributed by atoms with Crippen LogP contribution in [0.4, 0.5) is 5.69 Å². The van der Waals surface area contributed by atoms with Crippen LogP contribution in [0.2, 0.25) is 0 Å². The summed E-state index contributed by atoms with van der Waals surface area (Å²) in [6.07, 6.45) is 4.15. The molecule has 1 atom stereocenters. The third-order valence-corrected chi connectivity index (χ3v) is 3.74. The Balaban J connectivity index is 1.97. The molecular formula is C15H24N4O. The predicted octanol–water partition coefficient (Wildman–Crippen LogP) is 1.73. The van der Waals surface area contributed by atoms with Gasteiger partial charge in [0.15, 0.2) is 0 Å². The maximum absolute atomic E-state index is 12.2. The molecule has 1 fully saturated rings.